The number of sulfonamides is 1. The Morgan fingerprint density at radius 3 is 2.45 bits per heavy atom. The second-order valence-corrected chi connectivity index (χ2v) is 7.08. The van der Waals surface area contributed by atoms with E-state index in [1.807, 2.05) is 42.9 Å². The highest BCUT2D eigenvalue weighted by Gasteiger charge is 2.14. The summed E-state index contributed by atoms with van der Waals surface area (Å²) in [7, 11) is -1.58. The number of nitrogens with one attached hydrogen (secondary N) is 2. The van der Waals surface area contributed by atoms with Crippen molar-refractivity contribution in [3.05, 3.63) is 52.2 Å². The van der Waals surface area contributed by atoms with E-state index in [0.717, 1.165) is 11.1 Å². The molecule has 0 aliphatic carbocycles. The molecule has 1 aromatic carbocycles. The van der Waals surface area contributed by atoms with E-state index in [1.54, 1.807) is 23.5 Å². The lowest BCUT2D eigenvalue weighted by atomic mass is 10.1. The average Bonchev–Trinajstić information content (AvgIpc) is 2.98. The molecule has 0 bridgehead atoms. The maximum atomic E-state index is 12.2. The van der Waals surface area contributed by atoms with E-state index in [2.05, 4.69) is 10.0 Å². The number of hydrogen-bond acceptors (Lipinski definition) is 4. The predicted octanol–water partition coefficient (Wildman–Crippen LogP) is 2.51. The maximum Gasteiger partial charge on any atom is 0.240 e. The van der Waals surface area contributed by atoms with Crippen LogP contribution in [0.3, 0.4) is 0 Å². The molecular weight excluding hydrogens is 292 g/mol. The predicted molar refractivity (Wildman–Crippen MR) is 82.3 cm³/mol. The van der Waals surface area contributed by atoms with Crippen LogP contribution >= 0.6 is 11.3 Å². The Balaban J connectivity index is 2.09. The number of benzene rings is 1. The van der Waals surface area contributed by atoms with E-state index in [9.17, 15) is 8.42 Å². The monoisotopic (exact) mass is 310 g/mol. The molecule has 6 heteroatoms. The number of rotatable bonds is 6. The van der Waals surface area contributed by atoms with Gasteiger partial charge in [0, 0.05) is 12.6 Å². The minimum atomic E-state index is -3.45. The summed E-state index contributed by atoms with van der Waals surface area (Å²) in [6.07, 6.45) is 0. The van der Waals surface area contributed by atoms with Crippen LogP contribution in [0.4, 0.5) is 0 Å². The molecule has 1 atom stereocenters. The molecule has 20 heavy (non-hydrogen) atoms. The summed E-state index contributed by atoms with van der Waals surface area (Å²) in [6, 6.07) is 9.05. The molecule has 108 valence electrons. The van der Waals surface area contributed by atoms with E-state index >= 15 is 0 Å². The van der Waals surface area contributed by atoms with Gasteiger partial charge in [-0.2, -0.15) is 11.3 Å². The Labute approximate surface area is 123 Å². The normalized spacial score (nSPS) is 13.3. The highest BCUT2D eigenvalue weighted by atomic mass is 32.2. The van der Waals surface area contributed by atoms with Gasteiger partial charge in [0.1, 0.15) is 0 Å². The summed E-state index contributed by atoms with van der Waals surface area (Å²) in [6.45, 7) is 2.35. The summed E-state index contributed by atoms with van der Waals surface area (Å²) >= 11 is 1.55. The summed E-state index contributed by atoms with van der Waals surface area (Å²) in [5.74, 6) is 0. The summed E-state index contributed by atoms with van der Waals surface area (Å²) in [4.78, 5) is 0.291. The largest absolute Gasteiger partial charge is 0.313 e. The van der Waals surface area contributed by atoms with Gasteiger partial charge in [0.15, 0.2) is 0 Å². The molecule has 2 N–H and O–H groups in total. The zero-order valence-electron chi connectivity index (χ0n) is 11.5. The first-order chi connectivity index (χ1) is 9.53. The first-order valence-corrected chi connectivity index (χ1v) is 8.73. The lowest BCUT2D eigenvalue weighted by molar-refractivity contribution is 0.581. The van der Waals surface area contributed by atoms with Crippen molar-refractivity contribution in [3.63, 3.8) is 0 Å². The maximum absolute atomic E-state index is 12.2. The fourth-order valence-corrected chi connectivity index (χ4v) is 3.44. The third-order valence-electron chi connectivity index (χ3n) is 3.17. The smallest absolute Gasteiger partial charge is 0.240 e. The third kappa shape index (κ3) is 3.67. The van der Waals surface area contributed by atoms with E-state index in [-0.39, 0.29) is 6.04 Å². The van der Waals surface area contributed by atoms with Crippen molar-refractivity contribution >= 4 is 21.4 Å². The number of thiophene rings is 1. The van der Waals surface area contributed by atoms with Gasteiger partial charge < -0.3 is 5.32 Å². The van der Waals surface area contributed by atoms with Gasteiger partial charge in [0.05, 0.1) is 4.90 Å². The Hall–Kier alpha value is -1.21. The fraction of sp³-hybridized carbons (Fsp3) is 0.286. The first kappa shape index (κ1) is 15.2. The van der Waals surface area contributed by atoms with Crippen LogP contribution in [0.25, 0.3) is 0 Å². The zero-order valence-corrected chi connectivity index (χ0v) is 13.1. The second kappa shape index (κ2) is 6.49. The Bertz CT molecular complexity index is 634. The molecule has 0 amide bonds. The minimum absolute atomic E-state index is 0.200. The van der Waals surface area contributed by atoms with Crippen LogP contribution in [0.5, 0.6) is 0 Å². The van der Waals surface area contributed by atoms with Crippen LogP contribution in [-0.2, 0) is 16.6 Å². The summed E-state index contributed by atoms with van der Waals surface area (Å²) in [5, 5.41) is 6.98. The van der Waals surface area contributed by atoms with Crippen molar-refractivity contribution < 1.29 is 8.42 Å². The van der Waals surface area contributed by atoms with Crippen molar-refractivity contribution in [1.82, 2.24) is 10.0 Å². The SMILES string of the molecule is CNC(C)c1ccc(S(=O)(=O)NCc2ccsc2)cc1. The molecule has 2 aromatic rings. The van der Waals surface area contributed by atoms with Crippen molar-refractivity contribution in [2.45, 2.75) is 24.4 Å². The van der Waals surface area contributed by atoms with E-state index in [4.69, 9.17) is 0 Å². The van der Waals surface area contributed by atoms with Crippen LogP contribution in [0.1, 0.15) is 24.1 Å². The second-order valence-electron chi connectivity index (χ2n) is 4.54. The molecule has 0 aliphatic heterocycles. The number of hydrogen-bond donors (Lipinski definition) is 2. The van der Waals surface area contributed by atoms with Crippen molar-refractivity contribution in [2.24, 2.45) is 0 Å². The minimum Gasteiger partial charge on any atom is -0.313 e. The van der Waals surface area contributed by atoms with Crippen LogP contribution in [0.15, 0.2) is 46.0 Å². The van der Waals surface area contributed by atoms with E-state index in [0.29, 0.717) is 11.4 Å². The van der Waals surface area contributed by atoms with Crippen LogP contribution in [-0.4, -0.2) is 15.5 Å². The lowest BCUT2D eigenvalue weighted by Crippen LogP contribution is -2.23. The van der Waals surface area contributed by atoms with Gasteiger partial charge in [0.2, 0.25) is 10.0 Å². The van der Waals surface area contributed by atoms with Crippen LogP contribution < -0.4 is 10.0 Å². The summed E-state index contributed by atoms with van der Waals surface area (Å²) < 4.78 is 26.9. The molecule has 0 radical (unpaired) electrons. The molecule has 0 aliphatic rings. The lowest BCUT2D eigenvalue weighted by Gasteiger charge is -2.11. The molecule has 1 unspecified atom stereocenters. The van der Waals surface area contributed by atoms with Gasteiger partial charge in [-0.25, -0.2) is 13.1 Å². The molecule has 0 spiro atoms. The molecule has 2 rings (SSSR count). The molecule has 0 saturated carbocycles. The molecule has 1 aromatic heterocycles. The van der Waals surface area contributed by atoms with Gasteiger partial charge in [-0.1, -0.05) is 12.1 Å². The van der Waals surface area contributed by atoms with Crippen molar-refractivity contribution in [1.29, 1.82) is 0 Å². The molecule has 0 saturated heterocycles. The molecule has 0 fully saturated rings. The van der Waals surface area contributed by atoms with E-state index < -0.39 is 10.0 Å². The van der Waals surface area contributed by atoms with Crippen LogP contribution in [0.2, 0.25) is 0 Å². The van der Waals surface area contributed by atoms with Crippen molar-refractivity contribution in [3.8, 4) is 0 Å². The first-order valence-electron chi connectivity index (χ1n) is 6.31. The topological polar surface area (TPSA) is 58.2 Å². The third-order valence-corrected chi connectivity index (χ3v) is 5.32. The Morgan fingerprint density at radius 1 is 1.20 bits per heavy atom. The van der Waals surface area contributed by atoms with Gasteiger partial charge in [-0.3, -0.25) is 0 Å². The van der Waals surface area contributed by atoms with Gasteiger partial charge >= 0.3 is 0 Å². The van der Waals surface area contributed by atoms with Gasteiger partial charge in [-0.15, -0.1) is 0 Å². The average molecular weight is 310 g/mol. The molecule has 4 nitrogen and oxygen atoms in total. The highest BCUT2D eigenvalue weighted by Crippen LogP contribution is 2.16. The van der Waals surface area contributed by atoms with Gasteiger partial charge in [-0.05, 0) is 54.1 Å². The Kier molecular flexibility index (Phi) is 4.93. The quantitative estimate of drug-likeness (QED) is 0.862. The molecular formula is C14H18N2O2S2. The fourth-order valence-electron chi connectivity index (χ4n) is 1.76. The highest BCUT2D eigenvalue weighted by molar-refractivity contribution is 7.89. The van der Waals surface area contributed by atoms with Crippen LogP contribution in [0, 0.1) is 0 Å². The van der Waals surface area contributed by atoms with Gasteiger partial charge in [0.25, 0.3) is 0 Å². The zero-order chi connectivity index (χ0) is 14.6. The van der Waals surface area contributed by atoms with E-state index in [1.165, 1.54) is 0 Å². The standard InChI is InChI=1S/C14H18N2O2S2/c1-11(15-2)13-3-5-14(6-4-13)20(17,18)16-9-12-7-8-19-10-12/h3-8,10-11,15-16H,9H2,1-2H3. The Morgan fingerprint density at radius 2 is 1.90 bits per heavy atom. The summed E-state index contributed by atoms with van der Waals surface area (Å²) in [5.41, 5.74) is 2.03. The molecule has 1 heterocycles. The van der Waals surface area contributed by atoms with Crippen molar-refractivity contribution in [2.75, 3.05) is 7.05 Å².